The number of hydrogen-bond acceptors (Lipinski definition) is 3. The van der Waals surface area contributed by atoms with E-state index in [0.717, 1.165) is 22.7 Å². The summed E-state index contributed by atoms with van der Waals surface area (Å²) in [5.74, 6) is 1.57. The number of rotatable bonds is 3. The molecule has 3 rings (SSSR count). The van der Waals surface area contributed by atoms with Gasteiger partial charge in [0.2, 0.25) is 6.79 Å². The van der Waals surface area contributed by atoms with E-state index in [1.54, 1.807) is 0 Å². The first-order valence-corrected chi connectivity index (χ1v) is 7.15. The second-order valence-corrected chi connectivity index (χ2v) is 5.21. The highest BCUT2D eigenvalue weighted by Crippen LogP contribution is 2.34. The van der Waals surface area contributed by atoms with E-state index in [-0.39, 0.29) is 12.8 Å². The minimum absolute atomic E-state index is 0.0724. The fraction of sp³-hybridized carbons (Fsp3) is 0.188. The Hall–Kier alpha value is -2.27. The summed E-state index contributed by atoms with van der Waals surface area (Å²) in [4.78, 5) is 0. The maximum absolute atomic E-state index is 5.39. The zero-order chi connectivity index (χ0) is 14.7. The van der Waals surface area contributed by atoms with E-state index < -0.39 is 0 Å². The van der Waals surface area contributed by atoms with Crippen LogP contribution in [-0.2, 0) is 0 Å². The molecule has 0 bridgehead atoms. The number of thiocarbonyl (C=S) groups is 1. The van der Waals surface area contributed by atoms with Crippen LogP contribution >= 0.6 is 12.2 Å². The molecule has 2 N–H and O–H groups in total. The molecule has 0 saturated carbocycles. The number of para-hydroxylation sites is 1. The molecule has 0 saturated heterocycles. The number of hydrogen-bond donors (Lipinski definition) is 2. The van der Waals surface area contributed by atoms with Crippen molar-refractivity contribution in [3.05, 3.63) is 54.1 Å². The largest absolute Gasteiger partial charge is 0.454 e. The second-order valence-electron chi connectivity index (χ2n) is 4.80. The summed E-state index contributed by atoms with van der Waals surface area (Å²) in [6.07, 6.45) is 0. The lowest BCUT2D eigenvalue weighted by atomic mass is 10.1. The molecule has 0 radical (unpaired) electrons. The van der Waals surface area contributed by atoms with Gasteiger partial charge in [0.25, 0.3) is 0 Å². The van der Waals surface area contributed by atoms with Crippen molar-refractivity contribution in [3.63, 3.8) is 0 Å². The van der Waals surface area contributed by atoms with Crippen molar-refractivity contribution in [1.82, 2.24) is 5.32 Å². The van der Waals surface area contributed by atoms with Gasteiger partial charge in [0.05, 0.1) is 6.04 Å². The Morgan fingerprint density at radius 3 is 2.67 bits per heavy atom. The molecule has 1 heterocycles. The minimum atomic E-state index is 0.0724. The van der Waals surface area contributed by atoms with Crippen LogP contribution in [0.5, 0.6) is 11.5 Å². The standard InChI is InChI=1S/C16H16N2O2S/c1-11(12-7-8-14-15(9-12)20-10-19-14)17-16(21)18-13-5-3-2-4-6-13/h2-9,11H,10H2,1H3,(H2,17,18,21). The van der Waals surface area contributed by atoms with Crippen molar-refractivity contribution < 1.29 is 9.47 Å². The molecule has 0 aliphatic carbocycles. The van der Waals surface area contributed by atoms with Gasteiger partial charge in [-0.05, 0) is 49.0 Å². The number of benzene rings is 2. The van der Waals surface area contributed by atoms with Crippen LogP contribution in [0, 0.1) is 0 Å². The molecule has 0 spiro atoms. The van der Waals surface area contributed by atoms with Crippen molar-refractivity contribution in [2.24, 2.45) is 0 Å². The van der Waals surface area contributed by atoms with E-state index >= 15 is 0 Å². The Morgan fingerprint density at radius 2 is 1.86 bits per heavy atom. The second kappa shape index (κ2) is 6.01. The molecule has 0 amide bonds. The van der Waals surface area contributed by atoms with Crippen molar-refractivity contribution >= 4 is 23.0 Å². The molecule has 4 nitrogen and oxygen atoms in total. The molecule has 21 heavy (non-hydrogen) atoms. The summed E-state index contributed by atoms with van der Waals surface area (Å²) in [6, 6.07) is 15.8. The molecular formula is C16H16N2O2S. The molecule has 1 unspecified atom stereocenters. The van der Waals surface area contributed by atoms with Crippen LogP contribution < -0.4 is 20.1 Å². The van der Waals surface area contributed by atoms with Crippen molar-refractivity contribution in [3.8, 4) is 11.5 Å². The summed E-state index contributed by atoms with van der Waals surface area (Å²) in [6.45, 7) is 2.34. The topological polar surface area (TPSA) is 42.5 Å². The Labute approximate surface area is 129 Å². The average Bonchev–Trinajstić information content (AvgIpc) is 2.95. The molecule has 0 aromatic heterocycles. The van der Waals surface area contributed by atoms with Gasteiger partial charge in [0, 0.05) is 5.69 Å². The number of ether oxygens (including phenoxy) is 2. The lowest BCUT2D eigenvalue weighted by Gasteiger charge is -2.17. The summed E-state index contributed by atoms with van der Waals surface area (Å²) >= 11 is 5.33. The van der Waals surface area contributed by atoms with Gasteiger partial charge in [-0.2, -0.15) is 0 Å². The van der Waals surface area contributed by atoms with Gasteiger partial charge in [0.1, 0.15) is 0 Å². The summed E-state index contributed by atoms with van der Waals surface area (Å²) in [7, 11) is 0. The Kier molecular flexibility index (Phi) is 3.92. The SMILES string of the molecule is CC(NC(=S)Nc1ccccc1)c1ccc2c(c1)OCO2. The van der Waals surface area contributed by atoms with Gasteiger partial charge >= 0.3 is 0 Å². The maximum atomic E-state index is 5.39. The van der Waals surface area contributed by atoms with Gasteiger partial charge in [-0.25, -0.2) is 0 Å². The smallest absolute Gasteiger partial charge is 0.231 e. The van der Waals surface area contributed by atoms with Gasteiger partial charge < -0.3 is 20.1 Å². The molecule has 5 heteroatoms. The maximum Gasteiger partial charge on any atom is 0.231 e. The van der Waals surface area contributed by atoms with E-state index in [1.165, 1.54) is 0 Å². The van der Waals surface area contributed by atoms with E-state index in [2.05, 4.69) is 17.6 Å². The average molecular weight is 300 g/mol. The lowest BCUT2D eigenvalue weighted by Crippen LogP contribution is -2.30. The van der Waals surface area contributed by atoms with Crippen LogP contribution in [0.2, 0.25) is 0 Å². The highest BCUT2D eigenvalue weighted by molar-refractivity contribution is 7.80. The monoisotopic (exact) mass is 300 g/mol. The zero-order valence-corrected chi connectivity index (χ0v) is 12.4. The van der Waals surface area contributed by atoms with Gasteiger partial charge in [0.15, 0.2) is 16.6 Å². The van der Waals surface area contributed by atoms with Crippen LogP contribution in [0.25, 0.3) is 0 Å². The number of fused-ring (bicyclic) bond motifs is 1. The summed E-state index contributed by atoms with van der Waals surface area (Å²) < 4.78 is 10.7. The third kappa shape index (κ3) is 3.25. The van der Waals surface area contributed by atoms with Crippen LogP contribution in [0.4, 0.5) is 5.69 Å². The molecule has 0 fully saturated rings. The first-order chi connectivity index (χ1) is 10.2. The molecule has 1 aliphatic rings. The lowest BCUT2D eigenvalue weighted by molar-refractivity contribution is 0.174. The van der Waals surface area contributed by atoms with Crippen molar-refractivity contribution in [1.29, 1.82) is 0 Å². The van der Waals surface area contributed by atoms with Gasteiger partial charge in [-0.3, -0.25) is 0 Å². The summed E-state index contributed by atoms with van der Waals surface area (Å²) in [5.41, 5.74) is 2.06. The van der Waals surface area contributed by atoms with Crippen LogP contribution in [0.15, 0.2) is 48.5 Å². The highest BCUT2D eigenvalue weighted by Gasteiger charge is 2.16. The molecule has 1 atom stereocenters. The van der Waals surface area contributed by atoms with Crippen LogP contribution in [-0.4, -0.2) is 11.9 Å². The van der Waals surface area contributed by atoms with Gasteiger partial charge in [-0.15, -0.1) is 0 Å². The fourth-order valence-corrected chi connectivity index (χ4v) is 2.45. The third-order valence-corrected chi connectivity index (χ3v) is 3.50. The molecule has 2 aromatic rings. The number of nitrogens with one attached hydrogen (secondary N) is 2. The Balaban J connectivity index is 1.63. The van der Waals surface area contributed by atoms with Crippen molar-refractivity contribution in [2.45, 2.75) is 13.0 Å². The molecule has 108 valence electrons. The Bertz CT molecular complexity index is 646. The molecular weight excluding hydrogens is 284 g/mol. The third-order valence-electron chi connectivity index (χ3n) is 3.28. The molecule has 2 aromatic carbocycles. The Morgan fingerprint density at radius 1 is 1.10 bits per heavy atom. The molecule has 1 aliphatic heterocycles. The van der Waals surface area contributed by atoms with Crippen molar-refractivity contribution in [2.75, 3.05) is 12.1 Å². The summed E-state index contributed by atoms with van der Waals surface area (Å²) in [5, 5.41) is 7.01. The van der Waals surface area contributed by atoms with E-state index in [0.29, 0.717) is 5.11 Å². The quantitative estimate of drug-likeness (QED) is 0.850. The minimum Gasteiger partial charge on any atom is -0.454 e. The fourth-order valence-electron chi connectivity index (χ4n) is 2.15. The van der Waals surface area contributed by atoms with Gasteiger partial charge in [-0.1, -0.05) is 24.3 Å². The van der Waals surface area contributed by atoms with Crippen LogP contribution in [0.1, 0.15) is 18.5 Å². The van der Waals surface area contributed by atoms with Crippen LogP contribution in [0.3, 0.4) is 0 Å². The first-order valence-electron chi connectivity index (χ1n) is 6.74. The number of anilines is 1. The zero-order valence-electron chi connectivity index (χ0n) is 11.6. The predicted octanol–water partition coefficient (Wildman–Crippen LogP) is 3.46. The van der Waals surface area contributed by atoms with E-state index in [1.807, 2.05) is 48.5 Å². The highest BCUT2D eigenvalue weighted by atomic mass is 32.1. The normalized spacial score (nSPS) is 13.6. The van der Waals surface area contributed by atoms with E-state index in [4.69, 9.17) is 21.7 Å². The first kappa shape index (κ1) is 13.7. The predicted molar refractivity (Wildman–Crippen MR) is 86.8 cm³/mol. The van der Waals surface area contributed by atoms with E-state index in [9.17, 15) is 0 Å².